The van der Waals surface area contributed by atoms with E-state index >= 15 is 0 Å². The van der Waals surface area contributed by atoms with Crippen molar-refractivity contribution in [2.45, 2.75) is 13.5 Å². The molecule has 0 spiro atoms. The Morgan fingerprint density at radius 1 is 1.29 bits per heavy atom. The molecule has 7 nitrogen and oxygen atoms in total. The molecule has 0 saturated carbocycles. The number of aromatic nitrogens is 5. The van der Waals surface area contributed by atoms with Gasteiger partial charge in [0.15, 0.2) is 15.7 Å². The maximum atomic E-state index is 12.6. The monoisotopic (exact) mass is 408 g/mol. The van der Waals surface area contributed by atoms with Crippen LogP contribution in [0.1, 0.15) is 5.56 Å². The Labute approximate surface area is 170 Å². The molecule has 4 rings (SSSR count). The highest BCUT2D eigenvalue weighted by atomic mass is 32.1. The number of H-pyrrole nitrogens is 1. The summed E-state index contributed by atoms with van der Waals surface area (Å²) in [4.78, 5) is 21.1. The second-order valence-electron chi connectivity index (χ2n) is 6.14. The van der Waals surface area contributed by atoms with Crippen LogP contribution in [0.3, 0.4) is 0 Å². The smallest absolute Gasteiger partial charge is 0.246 e. The number of thiazole rings is 1. The summed E-state index contributed by atoms with van der Waals surface area (Å²) in [6.45, 7) is 2.05. The zero-order valence-electron chi connectivity index (χ0n) is 14.9. The van der Waals surface area contributed by atoms with E-state index in [0.717, 1.165) is 22.4 Å². The number of aryl methyl sites for hydroxylation is 1. The zero-order chi connectivity index (χ0) is 19.5. The molecule has 1 aromatic carbocycles. The Balaban J connectivity index is 1.52. The Morgan fingerprint density at radius 3 is 2.93 bits per heavy atom. The second-order valence-corrected chi connectivity index (χ2v) is 7.38. The fraction of sp³-hybridized carbons (Fsp3) is 0.105. The van der Waals surface area contributed by atoms with E-state index in [-0.39, 0.29) is 12.5 Å². The number of hydrogen-bond donors (Lipinski definition) is 2. The van der Waals surface area contributed by atoms with Gasteiger partial charge in [0.1, 0.15) is 6.54 Å². The van der Waals surface area contributed by atoms with Crippen molar-refractivity contribution in [1.29, 1.82) is 0 Å². The highest BCUT2D eigenvalue weighted by Gasteiger charge is 2.14. The molecule has 3 heterocycles. The van der Waals surface area contributed by atoms with Crippen LogP contribution in [0.25, 0.3) is 22.6 Å². The molecule has 2 N–H and O–H groups in total. The van der Waals surface area contributed by atoms with E-state index in [1.807, 2.05) is 48.7 Å². The fourth-order valence-corrected chi connectivity index (χ4v) is 3.68. The molecule has 0 fully saturated rings. The predicted octanol–water partition coefficient (Wildman–Crippen LogP) is 4.07. The molecule has 3 aromatic heterocycles. The number of carbonyl (C=O) groups is 1. The normalized spacial score (nSPS) is 10.8. The largest absolute Gasteiger partial charge is 0.300 e. The lowest BCUT2D eigenvalue weighted by molar-refractivity contribution is -0.116. The fourth-order valence-electron chi connectivity index (χ4n) is 2.75. The van der Waals surface area contributed by atoms with Gasteiger partial charge in [0.2, 0.25) is 5.91 Å². The third kappa shape index (κ3) is 3.90. The molecule has 0 aliphatic rings. The molecule has 0 aliphatic heterocycles. The number of anilines is 1. The molecule has 0 aliphatic carbocycles. The molecule has 9 heteroatoms. The topological polar surface area (TPSA) is 88.5 Å². The molecule has 0 atom stereocenters. The van der Waals surface area contributed by atoms with Crippen LogP contribution in [-0.2, 0) is 11.3 Å². The van der Waals surface area contributed by atoms with Crippen LogP contribution < -0.4 is 5.32 Å². The molecule has 1 amide bonds. The second kappa shape index (κ2) is 7.83. The predicted molar refractivity (Wildman–Crippen MR) is 112 cm³/mol. The highest BCUT2D eigenvalue weighted by Crippen LogP contribution is 2.24. The standard InChI is InChI=1S/C19H16N6OS2/c1-12-4-2-5-13(8-12)17-23-24-19(27)25(17)10-16(26)22-18-21-15(11-28-18)14-6-3-7-20-9-14/h2-9,11H,10H2,1H3,(H,24,27)(H,21,22,26). The number of aromatic amines is 1. The molecule has 140 valence electrons. The Hall–Kier alpha value is -3.17. The van der Waals surface area contributed by atoms with Gasteiger partial charge < -0.3 is 5.32 Å². The summed E-state index contributed by atoms with van der Waals surface area (Å²) in [5.41, 5.74) is 3.67. The summed E-state index contributed by atoms with van der Waals surface area (Å²) in [6, 6.07) is 11.7. The van der Waals surface area contributed by atoms with Crippen molar-refractivity contribution in [2.75, 3.05) is 5.32 Å². The minimum Gasteiger partial charge on any atom is -0.300 e. The van der Waals surface area contributed by atoms with Gasteiger partial charge in [-0.1, -0.05) is 23.8 Å². The first-order chi connectivity index (χ1) is 13.6. The summed E-state index contributed by atoms with van der Waals surface area (Å²) in [7, 11) is 0. The van der Waals surface area contributed by atoms with E-state index in [2.05, 4.69) is 25.5 Å². The summed E-state index contributed by atoms with van der Waals surface area (Å²) in [5.74, 6) is 0.400. The highest BCUT2D eigenvalue weighted by molar-refractivity contribution is 7.71. The number of carbonyl (C=O) groups excluding carboxylic acids is 1. The van der Waals surface area contributed by atoms with Gasteiger partial charge in [-0.3, -0.25) is 19.4 Å². The molecule has 0 saturated heterocycles. The maximum absolute atomic E-state index is 12.6. The number of nitrogens with zero attached hydrogens (tertiary/aromatic N) is 4. The lowest BCUT2D eigenvalue weighted by Crippen LogP contribution is -2.19. The first-order valence-corrected chi connectivity index (χ1v) is 9.77. The van der Waals surface area contributed by atoms with Gasteiger partial charge >= 0.3 is 0 Å². The number of hydrogen-bond acceptors (Lipinski definition) is 6. The summed E-state index contributed by atoms with van der Waals surface area (Å²) < 4.78 is 2.07. The Morgan fingerprint density at radius 2 is 2.14 bits per heavy atom. The van der Waals surface area contributed by atoms with Crippen LogP contribution in [0.4, 0.5) is 5.13 Å². The minimum absolute atomic E-state index is 0.0421. The minimum atomic E-state index is -0.224. The average Bonchev–Trinajstić information content (AvgIpc) is 3.30. The van der Waals surface area contributed by atoms with Crippen LogP contribution in [0, 0.1) is 11.7 Å². The first-order valence-electron chi connectivity index (χ1n) is 8.48. The van der Waals surface area contributed by atoms with Crippen molar-refractivity contribution < 1.29 is 4.79 Å². The van der Waals surface area contributed by atoms with Gasteiger partial charge in [-0.15, -0.1) is 11.3 Å². The number of nitrogens with one attached hydrogen (secondary N) is 2. The van der Waals surface area contributed by atoms with Crippen molar-refractivity contribution >= 4 is 34.6 Å². The molecule has 0 radical (unpaired) electrons. The van der Waals surface area contributed by atoms with E-state index in [4.69, 9.17) is 12.2 Å². The molecule has 28 heavy (non-hydrogen) atoms. The maximum Gasteiger partial charge on any atom is 0.246 e. The lowest BCUT2D eigenvalue weighted by Gasteiger charge is -2.07. The van der Waals surface area contributed by atoms with E-state index < -0.39 is 0 Å². The Kier molecular flexibility index (Phi) is 5.09. The molecule has 0 bridgehead atoms. The number of pyridine rings is 1. The molecular formula is C19H16N6OS2. The number of amides is 1. The van der Waals surface area contributed by atoms with Crippen molar-refractivity contribution in [3.05, 3.63) is 64.5 Å². The quantitative estimate of drug-likeness (QED) is 0.486. The molecular weight excluding hydrogens is 392 g/mol. The summed E-state index contributed by atoms with van der Waals surface area (Å²) >= 11 is 6.66. The molecule has 0 unspecified atom stereocenters. The van der Waals surface area contributed by atoms with Gasteiger partial charge in [-0.25, -0.2) is 4.98 Å². The van der Waals surface area contributed by atoms with E-state index in [1.165, 1.54) is 11.3 Å². The number of rotatable bonds is 5. The van der Waals surface area contributed by atoms with E-state index in [9.17, 15) is 4.79 Å². The SMILES string of the molecule is Cc1cccc(-c2n[nH]c(=S)n2CC(=O)Nc2nc(-c3cccnc3)cs2)c1. The average molecular weight is 409 g/mol. The third-order valence-electron chi connectivity index (χ3n) is 4.04. The van der Waals surface area contributed by atoms with Crippen molar-refractivity contribution in [2.24, 2.45) is 0 Å². The van der Waals surface area contributed by atoms with Crippen LogP contribution in [0.15, 0.2) is 54.2 Å². The van der Waals surface area contributed by atoms with Crippen LogP contribution in [0.5, 0.6) is 0 Å². The van der Waals surface area contributed by atoms with Gasteiger partial charge in [0.25, 0.3) is 0 Å². The van der Waals surface area contributed by atoms with Gasteiger partial charge in [-0.05, 0) is 37.3 Å². The number of benzene rings is 1. The summed E-state index contributed by atoms with van der Waals surface area (Å²) in [6.07, 6.45) is 3.44. The van der Waals surface area contributed by atoms with Crippen LogP contribution in [0.2, 0.25) is 0 Å². The van der Waals surface area contributed by atoms with Crippen LogP contribution >= 0.6 is 23.6 Å². The van der Waals surface area contributed by atoms with Crippen LogP contribution in [-0.4, -0.2) is 30.6 Å². The lowest BCUT2D eigenvalue weighted by atomic mass is 10.1. The van der Waals surface area contributed by atoms with Gasteiger partial charge in [0.05, 0.1) is 5.69 Å². The van der Waals surface area contributed by atoms with Crippen molar-refractivity contribution in [3.63, 3.8) is 0 Å². The van der Waals surface area contributed by atoms with E-state index in [0.29, 0.717) is 15.7 Å². The zero-order valence-corrected chi connectivity index (χ0v) is 16.5. The van der Waals surface area contributed by atoms with E-state index in [1.54, 1.807) is 17.0 Å². The van der Waals surface area contributed by atoms with Crippen molar-refractivity contribution in [3.8, 4) is 22.6 Å². The Bertz CT molecular complexity index is 1180. The van der Waals surface area contributed by atoms with Gasteiger partial charge in [-0.2, -0.15) is 5.10 Å². The van der Waals surface area contributed by atoms with Crippen molar-refractivity contribution in [1.82, 2.24) is 24.7 Å². The van der Waals surface area contributed by atoms with Gasteiger partial charge in [0, 0.05) is 28.9 Å². The summed E-state index contributed by atoms with van der Waals surface area (Å²) in [5, 5.41) is 12.3. The molecule has 4 aromatic rings. The third-order valence-corrected chi connectivity index (χ3v) is 5.11. The first kappa shape index (κ1) is 18.2.